The zero-order chi connectivity index (χ0) is 14.8. The summed E-state index contributed by atoms with van der Waals surface area (Å²) in [6.07, 6.45) is 3.42. The number of pyridine rings is 1. The van der Waals surface area contributed by atoms with E-state index in [4.69, 9.17) is 10.9 Å². The molecule has 0 spiro atoms. The molecule has 0 aliphatic rings. The Morgan fingerprint density at radius 3 is 2.70 bits per heavy atom. The second kappa shape index (κ2) is 5.48. The molecule has 6 nitrogen and oxygen atoms in total. The van der Waals surface area contributed by atoms with Crippen LogP contribution in [0.4, 0.5) is 11.4 Å². The summed E-state index contributed by atoms with van der Waals surface area (Å²) in [5.74, 6) is 0. The zero-order valence-electron chi connectivity index (χ0n) is 11.0. The van der Waals surface area contributed by atoms with Crippen LogP contribution >= 0.6 is 0 Å². The summed E-state index contributed by atoms with van der Waals surface area (Å²) in [6.45, 7) is 2.20. The van der Waals surface area contributed by atoms with Crippen LogP contribution in [0.1, 0.15) is 11.1 Å². The molecule has 1 heterocycles. The zero-order valence-corrected chi connectivity index (χ0v) is 11.8. The minimum atomic E-state index is -3.79. The average Bonchev–Trinajstić information content (AvgIpc) is 2.39. The Labute approximate surface area is 117 Å². The van der Waals surface area contributed by atoms with Gasteiger partial charge in [0.15, 0.2) is 0 Å². The lowest BCUT2D eigenvalue weighted by Gasteiger charge is -2.13. The Morgan fingerprint density at radius 1 is 1.35 bits per heavy atom. The van der Waals surface area contributed by atoms with Crippen molar-refractivity contribution in [3.05, 3.63) is 47.8 Å². The second-order valence-electron chi connectivity index (χ2n) is 4.45. The number of nitrogens with two attached hydrogens (primary N) is 2. The van der Waals surface area contributed by atoms with E-state index in [1.807, 2.05) is 12.1 Å². The van der Waals surface area contributed by atoms with Crippen molar-refractivity contribution in [2.75, 3.05) is 11.1 Å². The van der Waals surface area contributed by atoms with E-state index >= 15 is 0 Å². The molecule has 0 radical (unpaired) electrons. The number of sulfonamides is 1. The van der Waals surface area contributed by atoms with Crippen molar-refractivity contribution in [1.82, 2.24) is 4.98 Å². The largest absolute Gasteiger partial charge is 0.399 e. The van der Waals surface area contributed by atoms with Crippen molar-refractivity contribution in [2.24, 2.45) is 5.14 Å². The summed E-state index contributed by atoms with van der Waals surface area (Å²) in [7, 11) is -3.79. The van der Waals surface area contributed by atoms with E-state index in [9.17, 15) is 8.42 Å². The third-order valence-electron chi connectivity index (χ3n) is 2.89. The van der Waals surface area contributed by atoms with Crippen LogP contribution in [0.5, 0.6) is 0 Å². The molecule has 0 aliphatic heterocycles. The summed E-state index contributed by atoms with van der Waals surface area (Å²) in [5.41, 5.74) is 8.22. The van der Waals surface area contributed by atoms with Gasteiger partial charge in [-0.15, -0.1) is 0 Å². The standard InChI is InChI=1S/C13H16N4O2S/c1-9-12(17-8-10-3-2-4-16-7-10)5-11(14)6-13(9)20(15,18)19/h2-7,17H,8,14H2,1H3,(H2,15,18,19). The van der Waals surface area contributed by atoms with Gasteiger partial charge in [-0.05, 0) is 36.2 Å². The van der Waals surface area contributed by atoms with Gasteiger partial charge < -0.3 is 11.1 Å². The van der Waals surface area contributed by atoms with Crippen LogP contribution in [0, 0.1) is 6.92 Å². The van der Waals surface area contributed by atoms with Crippen LogP contribution in [0.15, 0.2) is 41.6 Å². The van der Waals surface area contributed by atoms with E-state index in [2.05, 4.69) is 10.3 Å². The van der Waals surface area contributed by atoms with Crippen LogP contribution in [0.3, 0.4) is 0 Å². The van der Waals surface area contributed by atoms with Gasteiger partial charge in [0.05, 0.1) is 4.90 Å². The summed E-state index contributed by atoms with van der Waals surface area (Å²) in [6, 6.07) is 6.79. The summed E-state index contributed by atoms with van der Waals surface area (Å²) >= 11 is 0. The van der Waals surface area contributed by atoms with Gasteiger partial charge in [0.25, 0.3) is 0 Å². The highest BCUT2D eigenvalue weighted by Crippen LogP contribution is 2.26. The van der Waals surface area contributed by atoms with Crippen molar-refractivity contribution in [1.29, 1.82) is 0 Å². The van der Waals surface area contributed by atoms with Gasteiger partial charge in [-0.2, -0.15) is 0 Å². The summed E-state index contributed by atoms with van der Waals surface area (Å²) in [5, 5.41) is 8.32. The fourth-order valence-electron chi connectivity index (χ4n) is 1.89. The maximum absolute atomic E-state index is 11.5. The monoisotopic (exact) mass is 292 g/mol. The minimum Gasteiger partial charge on any atom is -0.399 e. The molecule has 2 aromatic rings. The first kappa shape index (κ1) is 14.3. The molecule has 5 N–H and O–H groups in total. The molecule has 7 heteroatoms. The lowest BCUT2D eigenvalue weighted by molar-refractivity contribution is 0.597. The molecule has 0 bridgehead atoms. The molecule has 20 heavy (non-hydrogen) atoms. The highest BCUT2D eigenvalue weighted by Gasteiger charge is 2.15. The number of nitrogens with one attached hydrogen (secondary N) is 1. The maximum atomic E-state index is 11.5. The van der Waals surface area contributed by atoms with Crippen molar-refractivity contribution in [2.45, 2.75) is 18.4 Å². The van der Waals surface area contributed by atoms with E-state index in [-0.39, 0.29) is 4.90 Å². The fourth-order valence-corrected chi connectivity index (χ4v) is 2.73. The highest BCUT2D eigenvalue weighted by atomic mass is 32.2. The molecule has 1 aromatic heterocycles. The Hall–Kier alpha value is -2.12. The maximum Gasteiger partial charge on any atom is 0.238 e. The molecule has 0 amide bonds. The van der Waals surface area contributed by atoms with E-state index in [0.29, 0.717) is 23.5 Å². The van der Waals surface area contributed by atoms with Crippen LogP contribution < -0.4 is 16.2 Å². The Balaban J connectivity index is 2.31. The second-order valence-corrected chi connectivity index (χ2v) is 5.98. The molecule has 0 unspecified atom stereocenters. The number of rotatable bonds is 4. The molecular formula is C13H16N4O2S. The fraction of sp³-hybridized carbons (Fsp3) is 0.154. The SMILES string of the molecule is Cc1c(NCc2cccnc2)cc(N)cc1S(N)(=O)=O. The first-order valence-corrected chi connectivity index (χ1v) is 7.48. The molecule has 0 atom stereocenters. The van der Waals surface area contributed by atoms with Crippen LogP contribution in [0.2, 0.25) is 0 Å². The van der Waals surface area contributed by atoms with Crippen molar-refractivity contribution in [3.63, 3.8) is 0 Å². The molecule has 106 valence electrons. The number of nitrogen functional groups attached to an aromatic ring is 1. The van der Waals surface area contributed by atoms with Crippen LogP contribution in [0.25, 0.3) is 0 Å². The average molecular weight is 292 g/mol. The predicted octanol–water partition coefficient (Wildman–Crippen LogP) is 1.23. The van der Waals surface area contributed by atoms with E-state index in [1.54, 1.807) is 25.4 Å². The number of primary sulfonamides is 1. The molecule has 1 aromatic carbocycles. The van der Waals surface area contributed by atoms with Crippen LogP contribution in [-0.4, -0.2) is 13.4 Å². The number of hydrogen-bond donors (Lipinski definition) is 3. The third kappa shape index (κ3) is 3.25. The number of hydrogen-bond acceptors (Lipinski definition) is 5. The molecule has 0 saturated carbocycles. The smallest absolute Gasteiger partial charge is 0.238 e. The summed E-state index contributed by atoms with van der Waals surface area (Å²) < 4.78 is 23.0. The predicted molar refractivity (Wildman–Crippen MR) is 78.5 cm³/mol. The third-order valence-corrected chi connectivity index (χ3v) is 3.93. The van der Waals surface area contributed by atoms with E-state index in [0.717, 1.165) is 5.56 Å². The number of aromatic nitrogens is 1. The lowest BCUT2D eigenvalue weighted by atomic mass is 10.1. The number of anilines is 2. The van der Waals surface area contributed by atoms with Gasteiger partial charge in [0.2, 0.25) is 10.0 Å². The highest BCUT2D eigenvalue weighted by molar-refractivity contribution is 7.89. The van der Waals surface area contributed by atoms with Gasteiger partial charge in [0.1, 0.15) is 0 Å². The topological polar surface area (TPSA) is 111 Å². The molecule has 2 rings (SSSR count). The summed E-state index contributed by atoms with van der Waals surface area (Å²) in [4.78, 5) is 4.05. The Bertz CT molecular complexity index is 715. The van der Waals surface area contributed by atoms with Crippen LogP contribution in [-0.2, 0) is 16.6 Å². The first-order valence-electron chi connectivity index (χ1n) is 5.93. The Kier molecular flexibility index (Phi) is 3.91. The number of nitrogens with zero attached hydrogens (tertiary/aromatic N) is 1. The van der Waals surface area contributed by atoms with Gasteiger partial charge in [-0.25, -0.2) is 13.6 Å². The quantitative estimate of drug-likeness (QED) is 0.734. The first-order chi connectivity index (χ1) is 9.38. The lowest BCUT2D eigenvalue weighted by Crippen LogP contribution is -2.15. The minimum absolute atomic E-state index is 0.0335. The number of benzene rings is 1. The van der Waals surface area contributed by atoms with Crippen molar-refractivity contribution in [3.8, 4) is 0 Å². The van der Waals surface area contributed by atoms with Gasteiger partial charge in [-0.3, -0.25) is 4.98 Å². The van der Waals surface area contributed by atoms with E-state index < -0.39 is 10.0 Å². The van der Waals surface area contributed by atoms with Gasteiger partial charge in [0, 0.05) is 30.3 Å². The molecule has 0 saturated heterocycles. The molecule has 0 fully saturated rings. The molecular weight excluding hydrogens is 276 g/mol. The van der Waals surface area contributed by atoms with Crippen molar-refractivity contribution >= 4 is 21.4 Å². The van der Waals surface area contributed by atoms with Crippen molar-refractivity contribution < 1.29 is 8.42 Å². The van der Waals surface area contributed by atoms with Gasteiger partial charge in [-0.1, -0.05) is 6.07 Å². The normalized spacial score (nSPS) is 11.3. The molecule has 0 aliphatic carbocycles. The van der Waals surface area contributed by atoms with E-state index in [1.165, 1.54) is 6.07 Å². The Morgan fingerprint density at radius 2 is 2.10 bits per heavy atom. The van der Waals surface area contributed by atoms with Gasteiger partial charge >= 0.3 is 0 Å².